The van der Waals surface area contributed by atoms with Crippen LogP contribution in [-0.2, 0) is 22.6 Å². The number of nitrogens with one attached hydrogen (secondary N) is 1. The van der Waals surface area contributed by atoms with E-state index in [4.69, 9.17) is 25.1 Å². The van der Waals surface area contributed by atoms with Gasteiger partial charge in [-0.05, 0) is 73.1 Å². The van der Waals surface area contributed by atoms with Crippen LogP contribution in [0, 0.1) is 0 Å². The van der Waals surface area contributed by atoms with E-state index in [1.54, 1.807) is 18.2 Å². The maximum Gasteiger partial charge on any atom is 0.307 e. The van der Waals surface area contributed by atoms with E-state index in [1.165, 1.54) is 14.2 Å². The molecule has 0 radical (unpaired) electrons. The Bertz CT molecular complexity index is 1420. The van der Waals surface area contributed by atoms with Crippen molar-refractivity contribution in [3.63, 3.8) is 0 Å². The molecule has 3 aromatic rings. The number of hydrogen-bond donors (Lipinski definition) is 4. The zero-order valence-corrected chi connectivity index (χ0v) is 25.1. The van der Waals surface area contributed by atoms with E-state index in [1.807, 2.05) is 30.3 Å². The predicted octanol–water partition coefficient (Wildman–Crippen LogP) is 3.40. The average Bonchev–Trinajstić information content (AvgIpc) is 3.15. The van der Waals surface area contributed by atoms with Gasteiger partial charge in [0.1, 0.15) is 23.9 Å². The summed E-state index contributed by atoms with van der Waals surface area (Å²) < 4.78 is 16.2. The number of aliphatic hydroxyl groups excluding tert-OH is 1. The topological polar surface area (TPSA) is 144 Å². The monoisotopic (exact) mass is 591 g/mol. The molecule has 4 rings (SSSR count). The van der Waals surface area contributed by atoms with E-state index in [0.717, 1.165) is 46.5 Å². The maximum atomic E-state index is 11.1. The summed E-state index contributed by atoms with van der Waals surface area (Å²) in [5.74, 6) is 0.797. The molecule has 1 unspecified atom stereocenters. The summed E-state index contributed by atoms with van der Waals surface area (Å²) in [4.78, 5) is 24.3. The van der Waals surface area contributed by atoms with E-state index in [2.05, 4.69) is 42.5 Å². The van der Waals surface area contributed by atoms with Crippen molar-refractivity contribution in [2.24, 2.45) is 5.73 Å². The first-order valence-corrected chi connectivity index (χ1v) is 13.9. The number of ether oxygens (including phenoxy) is 3. The summed E-state index contributed by atoms with van der Waals surface area (Å²) in [5, 5.41) is 21.6. The van der Waals surface area contributed by atoms with E-state index in [-0.39, 0.29) is 25.4 Å². The Morgan fingerprint density at radius 3 is 2.51 bits per heavy atom. The Hall–Kier alpha value is -4.38. The number of rotatable bonds is 11. The second-order valence-corrected chi connectivity index (χ2v) is 10.2. The van der Waals surface area contributed by atoms with E-state index in [0.29, 0.717) is 23.7 Å². The number of hydrogen-bond acceptors (Lipinski definition) is 8. The maximum absolute atomic E-state index is 11.1. The molecular weight excluding hydrogens is 550 g/mol. The first-order chi connectivity index (χ1) is 20.7. The second-order valence-electron chi connectivity index (χ2n) is 10.2. The molecule has 10 nitrogen and oxygen atoms in total. The van der Waals surface area contributed by atoms with Gasteiger partial charge in [-0.3, -0.25) is 9.59 Å². The van der Waals surface area contributed by atoms with Crippen molar-refractivity contribution < 1.29 is 34.0 Å². The van der Waals surface area contributed by atoms with Crippen LogP contribution in [0.15, 0.2) is 66.7 Å². The van der Waals surface area contributed by atoms with Crippen molar-refractivity contribution in [2.45, 2.75) is 25.6 Å². The van der Waals surface area contributed by atoms with Crippen molar-refractivity contribution in [1.29, 1.82) is 0 Å². The van der Waals surface area contributed by atoms with E-state index in [9.17, 15) is 14.7 Å². The molecule has 43 heavy (non-hydrogen) atoms. The Balaban J connectivity index is 0.000000250. The van der Waals surface area contributed by atoms with Crippen LogP contribution in [0.25, 0.3) is 5.57 Å². The number of aliphatic hydroxyl groups is 1. The fourth-order valence-electron chi connectivity index (χ4n) is 4.59. The molecule has 1 amide bonds. The fraction of sp³-hybridized carbons (Fsp3) is 0.333. The molecule has 0 bridgehead atoms. The zero-order valence-electron chi connectivity index (χ0n) is 25.1. The van der Waals surface area contributed by atoms with Crippen molar-refractivity contribution in [1.82, 2.24) is 10.2 Å². The molecule has 0 aromatic heterocycles. The number of aliphatic carboxylic acids is 1. The van der Waals surface area contributed by atoms with Gasteiger partial charge >= 0.3 is 5.97 Å². The van der Waals surface area contributed by atoms with Crippen LogP contribution in [-0.4, -0.2) is 74.9 Å². The normalized spacial score (nSPS) is 13.4. The molecule has 1 aliphatic rings. The molecule has 230 valence electrons. The van der Waals surface area contributed by atoms with Gasteiger partial charge in [0.2, 0.25) is 5.91 Å². The zero-order chi connectivity index (χ0) is 31.4. The lowest BCUT2D eigenvalue weighted by molar-refractivity contribution is -0.136. The van der Waals surface area contributed by atoms with Gasteiger partial charge in [0, 0.05) is 24.2 Å². The van der Waals surface area contributed by atoms with Crippen molar-refractivity contribution >= 4 is 17.4 Å². The molecule has 5 N–H and O–H groups in total. The van der Waals surface area contributed by atoms with Gasteiger partial charge in [-0.1, -0.05) is 36.4 Å². The number of fused-ring (bicyclic) bond motifs is 2. The van der Waals surface area contributed by atoms with Crippen LogP contribution >= 0.6 is 0 Å². The standard InChI is InChI=1S/C21H23NO3.C12H18N2O4/c1-22(2)11-5-8-18-17-7-4-3-6-16(17)14-25-20-10-9-15(12-19(18)20)13-21(23)24;1-17-8-3-4-11(18-2)9(5-8)10(15)7-14-12(16)6-13/h3-4,6-10,12H,5,11,13-14H2,1-2H3,(H,23,24);3-5,10,15H,6-7,13H2,1-2H3,(H,14,16)/b18-8-;. The Kier molecular flexibility index (Phi) is 12.6. The minimum atomic E-state index is -0.884. The molecular formula is C33H41N3O7. The number of carboxylic acid groups (broad SMARTS) is 1. The summed E-state index contributed by atoms with van der Waals surface area (Å²) in [6, 6.07) is 19.0. The summed E-state index contributed by atoms with van der Waals surface area (Å²) >= 11 is 0. The van der Waals surface area contributed by atoms with Gasteiger partial charge in [0.15, 0.2) is 0 Å². The minimum Gasteiger partial charge on any atom is -0.497 e. The van der Waals surface area contributed by atoms with Gasteiger partial charge in [-0.25, -0.2) is 0 Å². The predicted molar refractivity (Wildman–Crippen MR) is 165 cm³/mol. The lowest BCUT2D eigenvalue weighted by atomic mass is 9.92. The molecule has 1 aliphatic heterocycles. The van der Waals surface area contributed by atoms with Crippen molar-refractivity contribution in [3.05, 3.63) is 94.6 Å². The molecule has 0 spiro atoms. The quantitative estimate of drug-likeness (QED) is 0.264. The number of carboxylic acids is 1. The summed E-state index contributed by atoms with van der Waals surface area (Å²) in [7, 11) is 7.16. The van der Waals surface area contributed by atoms with Gasteiger partial charge < -0.3 is 40.4 Å². The molecule has 3 aromatic carbocycles. The Labute approximate surface area is 252 Å². The number of amides is 1. The molecule has 0 saturated carbocycles. The van der Waals surface area contributed by atoms with Gasteiger partial charge in [0.05, 0.1) is 33.3 Å². The molecule has 0 aliphatic carbocycles. The van der Waals surface area contributed by atoms with Gasteiger partial charge in [0.25, 0.3) is 0 Å². The van der Waals surface area contributed by atoms with Crippen LogP contribution in [0.5, 0.6) is 17.2 Å². The Morgan fingerprint density at radius 2 is 1.84 bits per heavy atom. The smallest absolute Gasteiger partial charge is 0.307 e. The van der Waals surface area contributed by atoms with Gasteiger partial charge in [-0.15, -0.1) is 0 Å². The summed E-state index contributed by atoms with van der Waals surface area (Å²) in [6.45, 7) is 1.44. The largest absolute Gasteiger partial charge is 0.497 e. The lowest BCUT2D eigenvalue weighted by Crippen LogP contribution is -2.33. The number of methoxy groups -OCH3 is 2. The van der Waals surface area contributed by atoms with Gasteiger partial charge in [-0.2, -0.15) is 0 Å². The number of nitrogens with two attached hydrogens (primary N) is 1. The van der Waals surface area contributed by atoms with E-state index >= 15 is 0 Å². The van der Waals surface area contributed by atoms with Crippen molar-refractivity contribution in [2.75, 3.05) is 47.9 Å². The third-order valence-electron chi connectivity index (χ3n) is 6.78. The van der Waals surface area contributed by atoms with Crippen molar-refractivity contribution in [3.8, 4) is 17.2 Å². The number of benzene rings is 3. The summed E-state index contributed by atoms with van der Waals surface area (Å²) in [5.41, 5.74) is 10.9. The van der Waals surface area contributed by atoms with Crippen LogP contribution in [0.3, 0.4) is 0 Å². The number of carbonyl (C=O) groups excluding carboxylic acids is 1. The highest BCUT2D eigenvalue weighted by Gasteiger charge is 2.20. The first-order valence-electron chi connectivity index (χ1n) is 13.9. The van der Waals surface area contributed by atoms with Crippen LogP contribution in [0.1, 0.15) is 40.3 Å². The molecule has 1 atom stereocenters. The summed E-state index contributed by atoms with van der Waals surface area (Å²) in [6.07, 6.45) is 2.28. The Morgan fingerprint density at radius 1 is 1.07 bits per heavy atom. The van der Waals surface area contributed by atoms with Crippen LogP contribution in [0.4, 0.5) is 0 Å². The highest BCUT2D eigenvalue weighted by atomic mass is 16.5. The highest BCUT2D eigenvalue weighted by molar-refractivity contribution is 5.85. The van der Waals surface area contributed by atoms with Crippen LogP contribution in [0.2, 0.25) is 0 Å². The molecule has 1 heterocycles. The number of nitrogens with zero attached hydrogens (tertiary/aromatic N) is 1. The lowest BCUT2D eigenvalue weighted by Gasteiger charge is -2.16. The van der Waals surface area contributed by atoms with E-state index < -0.39 is 12.1 Å². The number of carbonyl (C=O) groups is 2. The third-order valence-corrected chi connectivity index (χ3v) is 6.78. The fourth-order valence-corrected chi connectivity index (χ4v) is 4.59. The average molecular weight is 592 g/mol. The minimum absolute atomic E-state index is 0.0138. The first kappa shape index (κ1) is 33.1. The highest BCUT2D eigenvalue weighted by Crippen LogP contribution is 2.37. The van der Waals surface area contributed by atoms with Crippen LogP contribution < -0.4 is 25.3 Å². The SMILES string of the molecule is CN(C)CC/C=C1/c2ccccc2COc2ccc(CC(=O)O)cc21.COc1ccc(OC)c(C(O)CNC(=O)CN)c1. The molecule has 0 fully saturated rings. The second kappa shape index (κ2) is 16.3. The molecule has 10 heteroatoms. The third kappa shape index (κ3) is 9.57. The molecule has 0 saturated heterocycles.